The molecule has 2 aromatic rings. The molecule has 2 heterocycles. The fraction of sp³-hybridized carbons (Fsp3) is 0.368. The predicted molar refractivity (Wildman–Crippen MR) is 110 cm³/mol. The number of likely N-dealkylation sites (tertiary alicyclic amines) is 1. The number of hydrogen-bond acceptors (Lipinski definition) is 5. The second kappa shape index (κ2) is 8.60. The molecule has 3 rings (SSSR count). The lowest BCUT2D eigenvalue weighted by Gasteiger charge is -2.32. The highest BCUT2D eigenvalue weighted by molar-refractivity contribution is 7.88. The first-order valence-corrected chi connectivity index (χ1v) is 11.8. The van der Waals surface area contributed by atoms with Gasteiger partial charge in [0.25, 0.3) is 11.8 Å². The first-order chi connectivity index (χ1) is 13.6. The molecule has 1 unspecified atom stereocenters. The molecule has 1 aliphatic rings. The Bertz CT molecular complexity index is 1040. The molecule has 1 aromatic heterocycles. The van der Waals surface area contributed by atoms with Crippen LogP contribution in [0.4, 0.5) is 9.39 Å². The smallest absolute Gasteiger partial charge is 0.264 e. The summed E-state index contributed by atoms with van der Waals surface area (Å²) in [7, 11) is -3.34. The lowest BCUT2D eigenvalue weighted by molar-refractivity contribution is 0.0707. The Labute approximate surface area is 173 Å². The maximum Gasteiger partial charge on any atom is 0.264 e. The number of anilines is 1. The zero-order valence-corrected chi connectivity index (χ0v) is 17.7. The molecule has 1 aliphatic heterocycles. The zero-order chi connectivity index (χ0) is 21.2. The average molecular weight is 440 g/mol. The lowest BCUT2D eigenvalue weighted by Crippen LogP contribution is -2.49. The Morgan fingerprint density at radius 3 is 2.72 bits per heavy atom. The minimum atomic E-state index is -3.34. The van der Waals surface area contributed by atoms with E-state index in [9.17, 15) is 22.4 Å². The molecule has 0 radical (unpaired) electrons. The Balaban J connectivity index is 1.70. The third-order valence-electron chi connectivity index (χ3n) is 4.52. The molecule has 0 bridgehead atoms. The van der Waals surface area contributed by atoms with Gasteiger partial charge in [0.2, 0.25) is 10.0 Å². The third-order valence-corrected chi connectivity index (χ3v) is 6.43. The molecule has 1 aromatic carbocycles. The third kappa shape index (κ3) is 5.62. The van der Waals surface area contributed by atoms with Gasteiger partial charge < -0.3 is 10.2 Å². The van der Waals surface area contributed by atoms with Crippen molar-refractivity contribution in [1.29, 1.82) is 0 Å². The van der Waals surface area contributed by atoms with Gasteiger partial charge >= 0.3 is 0 Å². The molecule has 10 heteroatoms. The number of amides is 2. The Hall–Kier alpha value is -2.30. The summed E-state index contributed by atoms with van der Waals surface area (Å²) < 4.78 is 38.8. The minimum absolute atomic E-state index is 0.189. The van der Waals surface area contributed by atoms with Crippen LogP contribution in [0.2, 0.25) is 0 Å². The van der Waals surface area contributed by atoms with Crippen LogP contribution in [0.25, 0.3) is 0 Å². The Morgan fingerprint density at radius 2 is 2.03 bits per heavy atom. The Kier molecular flexibility index (Phi) is 6.35. The summed E-state index contributed by atoms with van der Waals surface area (Å²) in [4.78, 5) is 27.4. The second-order valence-corrected chi connectivity index (χ2v) is 9.90. The highest BCUT2D eigenvalue weighted by Crippen LogP contribution is 2.29. The van der Waals surface area contributed by atoms with Gasteiger partial charge in [-0.05, 0) is 49.6 Å². The molecule has 0 aliphatic carbocycles. The molecule has 1 atom stereocenters. The molecule has 1 saturated heterocycles. The van der Waals surface area contributed by atoms with E-state index in [0.29, 0.717) is 41.4 Å². The molecule has 2 N–H and O–H groups in total. The van der Waals surface area contributed by atoms with Crippen molar-refractivity contribution in [2.75, 3.05) is 24.7 Å². The fourth-order valence-corrected chi connectivity index (χ4v) is 5.11. The van der Waals surface area contributed by atoms with Crippen LogP contribution in [-0.2, 0) is 10.0 Å². The van der Waals surface area contributed by atoms with E-state index in [1.807, 2.05) is 0 Å². The monoisotopic (exact) mass is 439 g/mol. The lowest BCUT2D eigenvalue weighted by atomic mass is 10.1. The van der Waals surface area contributed by atoms with Gasteiger partial charge in [0.1, 0.15) is 5.82 Å². The summed E-state index contributed by atoms with van der Waals surface area (Å²) in [5.74, 6) is -1.16. The van der Waals surface area contributed by atoms with Gasteiger partial charge in [0.15, 0.2) is 0 Å². The molecular weight excluding hydrogens is 417 g/mol. The number of nitrogens with one attached hydrogen (secondary N) is 2. The number of halogens is 1. The average Bonchev–Trinajstić information content (AvgIpc) is 3.00. The number of carbonyl (C=O) groups is 2. The number of nitrogens with zero attached hydrogens (tertiary/aromatic N) is 1. The van der Waals surface area contributed by atoms with Crippen LogP contribution in [0.5, 0.6) is 0 Å². The van der Waals surface area contributed by atoms with E-state index in [4.69, 9.17) is 0 Å². The van der Waals surface area contributed by atoms with Gasteiger partial charge in [-0.2, -0.15) is 0 Å². The summed E-state index contributed by atoms with van der Waals surface area (Å²) >= 11 is 1.15. The van der Waals surface area contributed by atoms with Crippen LogP contribution >= 0.6 is 11.3 Å². The molecule has 0 saturated carbocycles. The summed E-state index contributed by atoms with van der Waals surface area (Å²) in [6.45, 7) is 2.62. The first-order valence-electron chi connectivity index (χ1n) is 9.06. The SMILES string of the molecule is Cc1cc(NC(=O)c2cccc(F)c2)sc1C(=O)N1CCCC(NS(C)(=O)=O)C1. The van der Waals surface area contributed by atoms with E-state index >= 15 is 0 Å². The van der Waals surface area contributed by atoms with Crippen molar-refractivity contribution in [3.63, 3.8) is 0 Å². The summed E-state index contributed by atoms with van der Waals surface area (Å²) in [5.41, 5.74) is 0.905. The topological polar surface area (TPSA) is 95.6 Å². The number of sulfonamides is 1. The van der Waals surface area contributed by atoms with E-state index in [1.54, 1.807) is 17.9 Å². The zero-order valence-electron chi connectivity index (χ0n) is 16.1. The molecular formula is C19H22FN3O4S2. The number of piperidine rings is 1. The van der Waals surface area contributed by atoms with Crippen molar-refractivity contribution in [1.82, 2.24) is 9.62 Å². The summed E-state index contributed by atoms with van der Waals surface area (Å²) in [6, 6.07) is 6.75. The van der Waals surface area contributed by atoms with Crippen molar-refractivity contribution < 1.29 is 22.4 Å². The number of rotatable bonds is 5. The van der Waals surface area contributed by atoms with E-state index in [0.717, 1.165) is 23.7 Å². The number of hydrogen-bond donors (Lipinski definition) is 2. The van der Waals surface area contributed by atoms with E-state index in [2.05, 4.69) is 10.0 Å². The normalized spacial score (nSPS) is 17.2. The molecule has 1 fully saturated rings. The van der Waals surface area contributed by atoms with Gasteiger partial charge in [0, 0.05) is 24.7 Å². The standard InChI is InChI=1S/C19H22FN3O4S2/c1-12-9-16(21-18(24)13-5-3-6-14(20)10-13)28-17(12)19(25)23-8-4-7-15(11-23)22-29(2,26)27/h3,5-6,9-10,15,22H,4,7-8,11H2,1-2H3,(H,21,24). The van der Waals surface area contributed by atoms with Gasteiger partial charge in [-0.15, -0.1) is 11.3 Å². The van der Waals surface area contributed by atoms with E-state index in [-0.39, 0.29) is 17.5 Å². The minimum Gasteiger partial charge on any atom is -0.336 e. The van der Waals surface area contributed by atoms with Crippen LogP contribution in [-0.4, -0.2) is 50.5 Å². The van der Waals surface area contributed by atoms with Crippen molar-refractivity contribution in [2.24, 2.45) is 0 Å². The first kappa shape index (κ1) is 21.4. The van der Waals surface area contributed by atoms with Crippen LogP contribution in [0.1, 0.15) is 38.4 Å². The summed E-state index contributed by atoms with van der Waals surface area (Å²) in [5, 5.41) is 3.18. The second-order valence-electron chi connectivity index (χ2n) is 7.07. The van der Waals surface area contributed by atoms with E-state index < -0.39 is 21.7 Å². The fourth-order valence-electron chi connectivity index (χ4n) is 3.27. The quantitative estimate of drug-likeness (QED) is 0.749. The highest BCUT2D eigenvalue weighted by Gasteiger charge is 2.28. The van der Waals surface area contributed by atoms with Crippen LogP contribution in [0, 0.1) is 12.7 Å². The van der Waals surface area contributed by atoms with Crippen LogP contribution in [0.15, 0.2) is 30.3 Å². The maximum absolute atomic E-state index is 13.3. The van der Waals surface area contributed by atoms with Crippen molar-refractivity contribution >= 4 is 38.2 Å². The van der Waals surface area contributed by atoms with Gasteiger partial charge in [-0.25, -0.2) is 17.5 Å². The molecule has 0 spiro atoms. The van der Waals surface area contributed by atoms with Crippen molar-refractivity contribution in [2.45, 2.75) is 25.8 Å². The highest BCUT2D eigenvalue weighted by atomic mass is 32.2. The number of thiophene rings is 1. The van der Waals surface area contributed by atoms with Crippen LogP contribution in [0.3, 0.4) is 0 Å². The van der Waals surface area contributed by atoms with E-state index in [1.165, 1.54) is 18.2 Å². The van der Waals surface area contributed by atoms with Crippen molar-refractivity contribution in [3.8, 4) is 0 Å². The van der Waals surface area contributed by atoms with Crippen molar-refractivity contribution in [3.05, 3.63) is 52.2 Å². The van der Waals surface area contributed by atoms with Gasteiger partial charge in [-0.3, -0.25) is 9.59 Å². The van der Waals surface area contributed by atoms with Gasteiger partial charge in [0.05, 0.1) is 16.1 Å². The molecule has 29 heavy (non-hydrogen) atoms. The van der Waals surface area contributed by atoms with Crippen LogP contribution < -0.4 is 10.0 Å². The Morgan fingerprint density at radius 1 is 1.28 bits per heavy atom. The summed E-state index contributed by atoms with van der Waals surface area (Å²) in [6.07, 6.45) is 2.48. The number of aryl methyl sites for hydroxylation is 1. The number of benzene rings is 1. The predicted octanol–water partition coefficient (Wildman–Crippen LogP) is 2.60. The number of carbonyl (C=O) groups excluding carboxylic acids is 2. The van der Waals surface area contributed by atoms with Gasteiger partial charge in [-0.1, -0.05) is 6.07 Å². The molecule has 156 valence electrons. The largest absolute Gasteiger partial charge is 0.336 e. The molecule has 2 amide bonds. The molecule has 7 nitrogen and oxygen atoms in total. The maximum atomic E-state index is 13.3.